The second-order valence-electron chi connectivity index (χ2n) is 17.3. The number of H-pyrrole nitrogens is 3. The number of amides is 7. The van der Waals surface area contributed by atoms with Gasteiger partial charge < -0.3 is 81.1 Å². The van der Waals surface area contributed by atoms with Crippen LogP contribution in [0.4, 0.5) is 11.6 Å². The number of hydrogen-bond acceptors (Lipinski definition) is 19. The van der Waals surface area contributed by atoms with Gasteiger partial charge in [-0.05, 0) is 134 Å². The van der Waals surface area contributed by atoms with Gasteiger partial charge >= 0.3 is 11.8 Å². The highest BCUT2D eigenvalue weighted by molar-refractivity contribution is 6.09. The van der Waals surface area contributed by atoms with Crippen molar-refractivity contribution >= 4 is 64.7 Å². The summed E-state index contributed by atoms with van der Waals surface area (Å²) in [5.74, 6) is -8.18. The number of rotatable bonds is 38. The van der Waals surface area contributed by atoms with Gasteiger partial charge in [0, 0.05) is 12.1 Å². The van der Waals surface area contributed by atoms with Gasteiger partial charge in [-0.1, -0.05) is 5.10 Å². The lowest BCUT2D eigenvalue weighted by Gasteiger charge is -2.27. The number of nitrogens with two attached hydrogens (primary N) is 5. The van der Waals surface area contributed by atoms with E-state index in [-0.39, 0.29) is 86.9 Å². The van der Waals surface area contributed by atoms with Crippen LogP contribution in [0.3, 0.4) is 0 Å². The van der Waals surface area contributed by atoms with Crippen LogP contribution < -0.4 is 65.9 Å². The summed E-state index contributed by atoms with van der Waals surface area (Å²) >= 11 is 0. The van der Waals surface area contributed by atoms with Gasteiger partial charge in [-0.3, -0.25) is 53.3 Å². The van der Waals surface area contributed by atoms with Crippen molar-refractivity contribution in [3.05, 3.63) is 51.1 Å². The third-order valence-electron chi connectivity index (χ3n) is 11.4. The highest BCUT2D eigenvalue weighted by Crippen LogP contribution is 2.15. The third-order valence-corrected chi connectivity index (χ3v) is 11.4. The van der Waals surface area contributed by atoms with E-state index >= 15 is 0 Å². The van der Waals surface area contributed by atoms with Crippen LogP contribution in [0, 0.1) is 10.1 Å². The minimum absolute atomic E-state index is 0.0656. The van der Waals surface area contributed by atoms with Gasteiger partial charge in [0.15, 0.2) is 11.5 Å². The van der Waals surface area contributed by atoms with Crippen molar-refractivity contribution < 1.29 is 53.2 Å². The molecule has 3 aromatic rings. The lowest BCUT2D eigenvalue weighted by atomic mass is 10.0. The molecular weight excluding hydrogens is 987 g/mol. The number of carboxylic acids is 1. The molecule has 0 fully saturated rings. The molecule has 5 atom stereocenters. The molecule has 0 aliphatic rings. The van der Waals surface area contributed by atoms with Crippen molar-refractivity contribution in [1.82, 2.24) is 62.5 Å². The van der Waals surface area contributed by atoms with Gasteiger partial charge in [0.1, 0.15) is 53.8 Å². The van der Waals surface area contributed by atoms with Gasteiger partial charge in [-0.2, -0.15) is 10.2 Å². The Morgan fingerprint density at radius 3 is 1.28 bits per heavy atom. The fraction of sp³-hybridized carbons (Fsp3) is 0.591. The number of unbranched alkanes of at least 4 members (excludes halogenated alkanes) is 5. The van der Waals surface area contributed by atoms with Crippen molar-refractivity contribution in [2.75, 3.05) is 44.6 Å². The standard InChI is InChI=1S/C44H71N19O12/c45-16-6-1-11-25(38(67)50-24-36(64)65)51-39(68)26(12-2-7-17-46)52-40(69)27(13-3-8-18-47)53-41(70)28(14-4-9-19-48)54-42(71)29(15-5-10-20-49)55-43(72)33-22-34(61-60-33)56-44(73)32-21-30(57-59-32)37(66)31-23-35(62-58-31)63(74)75/h21-23,25-29H,1-20,24,45-49H2,(H,50,67)(H,51,68)(H,52,69)(H,53,70)(H,54,71)(H,55,72)(H,57,59)(H,58,62)(H,64,65)(H2,56,60,61,73)/t25-,26-,27-,28-,29-/m0/s1. The van der Waals surface area contributed by atoms with Crippen molar-refractivity contribution in [3.63, 3.8) is 0 Å². The van der Waals surface area contributed by atoms with Crippen molar-refractivity contribution in [1.29, 1.82) is 0 Å². The fourth-order valence-electron chi connectivity index (χ4n) is 7.31. The Bertz CT molecular complexity index is 2370. The van der Waals surface area contributed by atoms with Crippen LogP contribution in [-0.4, -0.2) is 163 Å². The van der Waals surface area contributed by atoms with E-state index in [2.05, 4.69) is 67.8 Å². The second-order valence-corrected chi connectivity index (χ2v) is 17.3. The molecule has 0 unspecified atom stereocenters. The number of nitrogens with zero attached hydrogens (tertiary/aromatic N) is 4. The molecule has 0 aliphatic carbocycles. The lowest BCUT2D eigenvalue weighted by molar-refractivity contribution is -0.389. The molecule has 0 radical (unpaired) electrons. The minimum Gasteiger partial charge on any atom is -0.480 e. The van der Waals surface area contributed by atoms with Crippen molar-refractivity contribution in [2.24, 2.45) is 28.7 Å². The van der Waals surface area contributed by atoms with Gasteiger partial charge in [0.05, 0.1) is 6.07 Å². The molecule has 75 heavy (non-hydrogen) atoms. The number of carbonyl (C=O) groups is 9. The van der Waals surface area contributed by atoms with Gasteiger partial charge in [-0.15, -0.1) is 5.10 Å². The van der Waals surface area contributed by atoms with E-state index in [1.54, 1.807) is 0 Å². The molecule has 0 spiro atoms. The Labute approximate surface area is 430 Å². The average molecular weight is 1060 g/mol. The van der Waals surface area contributed by atoms with Crippen molar-refractivity contribution in [2.45, 2.75) is 127 Å². The van der Waals surface area contributed by atoms with E-state index < -0.39 is 101 Å². The highest BCUT2D eigenvalue weighted by Gasteiger charge is 2.33. The van der Waals surface area contributed by atoms with Crippen molar-refractivity contribution in [3.8, 4) is 0 Å². The van der Waals surface area contributed by atoms with Crippen LogP contribution in [0.2, 0.25) is 0 Å². The number of carbonyl (C=O) groups excluding carboxylic acids is 8. The molecule has 0 saturated carbocycles. The Balaban J connectivity index is 1.79. The first kappa shape index (κ1) is 61.6. The van der Waals surface area contributed by atoms with Gasteiger partial charge in [-0.25, -0.2) is 0 Å². The summed E-state index contributed by atoms with van der Waals surface area (Å²) in [5, 5.41) is 56.4. The Morgan fingerprint density at radius 1 is 0.507 bits per heavy atom. The number of carboxylic acid groups (broad SMARTS) is 1. The minimum atomic E-state index is -1.29. The quantitative estimate of drug-likeness (QED) is 0.0119. The summed E-state index contributed by atoms with van der Waals surface area (Å²) in [6.45, 7) is 0.722. The van der Waals surface area contributed by atoms with Crippen LogP contribution in [0.25, 0.3) is 0 Å². The third kappa shape index (κ3) is 21.3. The zero-order chi connectivity index (χ0) is 55.3. The van der Waals surface area contributed by atoms with E-state index in [4.69, 9.17) is 33.8 Å². The van der Waals surface area contributed by atoms with Crippen LogP contribution in [0.15, 0.2) is 18.2 Å². The topological polar surface area (TPSA) is 517 Å². The summed E-state index contributed by atoms with van der Waals surface area (Å²) in [5.41, 5.74) is 27.6. The first-order chi connectivity index (χ1) is 36.0. The number of nitro groups is 1. The van der Waals surface area contributed by atoms with E-state index in [0.29, 0.717) is 70.8 Å². The zero-order valence-electron chi connectivity index (χ0n) is 41.6. The maximum absolute atomic E-state index is 14.2. The molecule has 0 aromatic carbocycles. The monoisotopic (exact) mass is 1060 g/mol. The summed E-state index contributed by atoms with van der Waals surface area (Å²) in [6.07, 6.45) is 4.78. The number of ketones is 1. The first-order valence-corrected chi connectivity index (χ1v) is 24.6. The molecule has 3 rings (SSSR count). The Kier molecular flexibility index (Phi) is 27.2. The molecule has 0 aliphatic heterocycles. The molecule has 31 heteroatoms. The largest absolute Gasteiger partial charge is 0.480 e. The molecule has 7 amide bonds. The molecule has 31 nitrogen and oxygen atoms in total. The molecule has 21 N–H and O–H groups in total. The summed E-state index contributed by atoms with van der Waals surface area (Å²) in [6, 6.07) is -2.96. The van der Waals surface area contributed by atoms with Gasteiger partial charge in [0.2, 0.25) is 35.3 Å². The van der Waals surface area contributed by atoms with Crippen LogP contribution in [0.1, 0.15) is 133 Å². The van der Waals surface area contributed by atoms with Crippen LogP contribution in [-0.2, 0) is 28.8 Å². The second kappa shape index (κ2) is 33.2. The summed E-state index contributed by atoms with van der Waals surface area (Å²) in [4.78, 5) is 130. The maximum atomic E-state index is 14.2. The van der Waals surface area contributed by atoms with E-state index in [0.717, 1.165) is 12.1 Å². The average Bonchev–Trinajstić information content (AvgIpc) is 4.19. The maximum Gasteiger partial charge on any atom is 0.343 e. The Hall–Kier alpha value is -7.74. The summed E-state index contributed by atoms with van der Waals surface area (Å²) < 4.78 is 0. The predicted molar refractivity (Wildman–Crippen MR) is 268 cm³/mol. The van der Waals surface area contributed by atoms with E-state index in [9.17, 15) is 53.3 Å². The predicted octanol–water partition coefficient (Wildman–Crippen LogP) is -2.87. The lowest BCUT2D eigenvalue weighted by Crippen LogP contribution is -2.59. The molecule has 0 saturated heterocycles. The number of nitrogens with one attached hydrogen (secondary N) is 10. The Morgan fingerprint density at radius 2 is 0.880 bits per heavy atom. The molecule has 3 aromatic heterocycles. The highest BCUT2D eigenvalue weighted by atomic mass is 16.6. The molecule has 0 bridgehead atoms. The number of anilines is 1. The number of aliphatic carboxylic acids is 1. The zero-order valence-corrected chi connectivity index (χ0v) is 41.6. The molecular formula is C44H71N19O12. The van der Waals surface area contributed by atoms with E-state index in [1.165, 1.54) is 6.07 Å². The number of aromatic nitrogens is 6. The van der Waals surface area contributed by atoms with Crippen LogP contribution in [0.5, 0.6) is 0 Å². The molecule has 3 heterocycles. The van der Waals surface area contributed by atoms with Crippen LogP contribution >= 0.6 is 0 Å². The normalized spacial score (nSPS) is 13.0. The number of hydrogen-bond donors (Lipinski definition) is 16. The first-order valence-electron chi connectivity index (χ1n) is 24.6. The number of aromatic amines is 3. The van der Waals surface area contributed by atoms with Gasteiger partial charge in [0.25, 0.3) is 11.8 Å². The fourth-order valence-corrected chi connectivity index (χ4v) is 7.31. The summed E-state index contributed by atoms with van der Waals surface area (Å²) in [7, 11) is 0. The SMILES string of the molecule is NCCCC[C@H](NC(=O)c1cc(NC(=O)c2cc(C(=O)c3cc([N+](=O)[O-])[nH]n3)n[nH]2)n[nH]1)C(=O)N[C@@H](CCCCN)C(=O)N[C@@H](CCCCN)C(=O)N[C@@H](CCCCN)C(=O)N[C@@H](CCCCN)C(=O)NCC(=O)O. The molecule has 414 valence electrons. The smallest absolute Gasteiger partial charge is 0.343 e. The van der Waals surface area contributed by atoms with E-state index in [1.807, 2.05) is 0 Å².